The van der Waals surface area contributed by atoms with E-state index < -0.39 is 0 Å². The Kier molecular flexibility index (Phi) is 3.65. The molecule has 0 fully saturated rings. The molecule has 4 nitrogen and oxygen atoms in total. The number of ether oxygens (including phenoxy) is 3. The Morgan fingerprint density at radius 3 is 2.59 bits per heavy atom. The molecular weight excluding hydrogens is 304 g/mol. The number of ketones is 1. The molecule has 2 aliphatic rings. The molecular formula is C17H17ClO4. The third-order valence-corrected chi connectivity index (χ3v) is 4.50. The molecule has 0 radical (unpaired) electrons. The second-order valence-corrected chi connectivity index (χ2v) is 5.90. The summed E-state index contributed by atoms with van der Waals surface area (Å²) in [7, 11) is 3.13. The number of fused-ring (bicyclic) bond motifs is 3. The Bertz CT molecular complexity index is 731. The van der Waals surface area contributed by atoms with Gasteiger partial charge >= 0.3 is 0 Å². The second kappa shape index (κ2) is 5.36. The largest absolute Gasteiger partial charge is 0.496 e. The maximum atomic E-state index is 12.0. The van der Waals surface area contributed by atoms with Crippen molar-refractivity contribution in [3.63, 3.8) is 0 Å². The Balaban J connectivity index is 2.35. The van der Waals surface area contributed by atoms with Gasteiger partial charge in [0.2, 0.25) is 0 Å². The van der Waals surface area contributed by atoms with Gasteiger partial charge in [0, 0.05) is 18.6 Å². The van der Waals surface area contributed by atoms with Gasteiger partial charge in [-0.15, -0.1) is 0 Å². The fourth-order valence-electron chi connectivity index (χ4n) is 3.12. The van der Waals surface area contributed by atoms with Crippen LogP contribution in [0.15, 0.2) is 23.5 Å². The molecule has 1 aliphatic heterocycles. The zero-order valence-corrected chi connectivity index (χ0v) is 13.7. The zero-order valence-electron chi connectivity index (χ0n) is 13.0. The van der Waals surface area contributed by atoms with Gasteiger partial charge in [-0.25, -0.2) is 0 Å². The number of hydrogen-bond acceptors (Lipinski definition) is 4. The van der Waals surface area contributed by atoms with Crippen LogP contribution in [-0.2, 0) is 4.79 Å². The molecule has 22 heavy (non-hydrogen) atoms. The highest BCUT2D eigenvalue weighted by molar-refractivity contribution is 6.34. The summed E-state index contributed by atoms with van der Waals surface area (Å²) in [5.41, 5.74) is 2.80. The average molecular weight is 321 g/mol. The van der Waals surface area contributed by atoms with Crippen molar-refractivity contribution in [3.8, 4) is 17.2 Å². The molecule has 1 aromatic rings. The molecule has 2 bridgehead atoms. The molecule has 1 aliphatic carbocycles. The van der Waals surface area contributed by atoms with Gasteiger partial charge in [0.1, 0.15) is 22.3 Å². The van der Waals surface area contributed by atoms with E-state index in [1.54, 1.807) is 26.4 Å². The molecule has 3 rings (SSSR count). The molecule has 1 aromatic carbocycles. The predicted octanol–water partition coefficient (Wildman–Crippen LogP) is 4.02. The van der Waals surface area contributed by atoms with Gasteiger partial charge in [0.15, 0.2) is 11.5 Å². The van der Waals surface area contributed by atoms with Crippen LogP contribution in [-0.4, -0.2) is 20.0 Å². The highest BCUT2D eigenvalue weighted by atomic mass is 35.5. The minimum atomic E-state index is 0.0479. The predicted molar refractivity (Wildman–Crippen MR) is 84.6 cm³/mol. The summed E-state index contributed by atoms with van der Waals surface area (Å²) >= 11 is 6.41. The van der Waals surface area contributed by atoms with Crippen LogP contribution in [0.25, 0.3) is 5.57 Å². The van der Waals surface area contributed by atoms with Crippen molar-refractivity contribution >= 4 is 23.0 Å². The summed E-state index contributed by atoms with van der Waals surface area (Å²) in [4.78, 5) is 12.0. The van der Waals surface area contributed by atoms with E-state index in [0.29, 0.717) is 34.5 Å². The highest BCUT2D eigenvalue weighted by Gasteiger charge is 2.34. The number of benzene rings is 1. The fraction of sp³-hybridized carbons (Fsp3) is 0.353. The maximum Gasteiger partial charge on any atom is 0.161 e. The lowest BCUT2D eigenvalue weighted by molar-refractivity contribution is -0.115. The number of hydrogen-bond donors (Lipinski definition) is 0. The van der Waals surface area contributed by atoms with Gasteiger partial charge in [-0.1, -0.05) is 18.5 Å². The molecule has 0 spiro atoms. The molecule has 1 atom stereocenters. The van der Waals surface area contributed by atoms with Gasteiger partial charge in [0.05, 0.1) is 19.8 Å². The first-order valence-corrected chi connectivity index (χ1v) is 7.44. The Labute approximate surface area is 134 Å². The minimum Gasteiger partial charge on any atom is -0.496 e. The van der Waals surface area contributed by atoms with Crippen LogP contribution in [0.5, 0.6) is 17.2 Å². The summed E-state index contributed by atoms with van der Waals surface area (Å²) in [5.74, 6) is 2.26. The number of halogens is 1. The van der Waals surface area contributed by atoms with E-state index in [-0.39, 0.29) is 11.7 Å². The molecule has 0 aromatic heterocycles. The van der Waals surface area contributed by atoms with E-state index in [0.717, 1.165) is 16.7 Å². The molecule has 0 saturated heterocycles. The third kappa shape index (κ3) is 2.10. The maximum absolute atomic E-state index is 12.0. The monoisotopic (exact) mass is 320 g/mol. The van der Waals surface area contributed by atoms with Crippen LogP contribution in [0, 0.1) is 5.92 Å². The van der Waals surface area contributed by atoms with Crippen molar-refractivity contribution in [1.82, 2.24) is 0 Å². The van der Waals surface area contributed by atoms with Crippen LogP contribution in [0.2, 0.25) is 5.02 Å². The lowest BCUT2D eigenvalue weighted by Crippen LogP contribution is -2.12. The molecule has 0 saturated carbocycles. The number of allylic oxidation sites excluding steroid dienone is 3. The number of carbonyl (C=O) groups excluding carboxylic acids is 1. The van der Waals surface area contributed by atoms with Crippen LogP contribution in [0.3, 0.4) is 0 Å². The fourth-order valence-corrected chi connectivity index (χ4v) is 3.38. The Morgan fingerprint density at radius 1 is 1.27 bits per heavy atom. The molecule has 1 heterocycles. The SMILES string of the molecule is COc1cc(OC)c2c(c1Cl)OC1=CC(=O)CC(C)C2=C1C. The smallest absolute Gasteiger partial charge is 0.161 e. The molecule has 1 unspecified atom stereocenters. The first-order chi connectivity index (χ1) is 10.5. The third-order valence-electron chi connectivity index (χ3n) is 4.14. The quantitative estimate of drug-likeness (QED) is 0.825. The normalized spacial score (nSPS) is 20.0. The van der Waals surface area contributed by atoms with E-state index in [9.17, 15) is 4.79 Å². The first kappa shape index (κ1) is 15.0. The summed E-state index contributed by atoms with van der Waals surface area (Å²) < 4.78 is 16.7. The molecule has 0 amide bonds. The van der Waals surface area contributed by atoms with Crippen LogP contribution in [0.1, 0.15) is 25.8 Å². The summed E-state index contributed by atoms with van der Waals surface area (Å²) in [5, 5.41) is 0.385. The zero-order chi connectivity index (χ0) is 16.0. The van der Waals surface area contributed by atoms with E-state index in [4.69, 9.17) is 25.8 Å². The number of methoxy groups -OCH3 is 2. The number of rotatable bonds is 2. The lowest BCUT2D eigenvalue weighted by Gasteiger charge is -2.28. The standard InChI is InChI=1S/C17H17ClO4/c1-8-5-10(19)6-11-9(2)14(8)15-12(20-3)7-13(21-4)16(18)17(15)22-11/h6-8H,5H2,1-4H3. The Hall–Kier alpha value is -1.94. The number of carbonyl (C=O) groups is 1. The highest BCUT2D eigenvalue weighted by Crippen LogP contribution is 2.53. The summed E-state index contributed by atoms with van der Waals surface area (Å²) in [6, 6.07) is 1.75. The van der Waals surface area contributed by atoms with Gasteiger partial charge < -0.3 is 14.2 Å². The second-order valence-electron chi connectivity index (χ2n) is 5.52. The summed E-state index contributed by atoms with van der Waals surface area (Å²) in [6.07, 6.45) is 1.98. The van der Waals surface area contributed by atoms with Crippen molar-refractivity contribution in [1.29, 1.82) is 0 Å². The Morgan fingerprint density at radius 2 is 1.95 bits per heavy atom. The van der Waals surface area contributed by atoms with Crippen LogP contribution >= 0.6 is 11.6 Å². The van der Waals surface area contributed by atoms with E-state index in [2.05, 4.69) is 0 Å². The van der Waals surface area contributed by atoms with E-state index >= 15 is 0 Å². The molecule has 0 N–H and O–H groups in total. The van der Waals surface area contributed by atoms with Crippen molar-refractivity contribution < 1.29 is 19.0 Å². The van der Waals surface area contributed by atoms with Crippen molar-refractivity contribution in [2.75, 3.05) is 14.2 Å². The minimum absolute atomic E-state index is 0.0479. The topological polar surface area (TPSA) is 44.8 Å². The van der Waals surface area contributed by atoms with Crippen LogP contribution < -0.4 is 14.2 Å². The van der Waals surface area contributed by atoms with E-state index in [1.165, 1.54) is 0 Å². The summed E-state index contributed by atoms with van der Waals surface area (Å²) in [6.45, 7) is 3.98. The van der Waals surface area contributed by atoms with Gasteiger partial charge in [-0.05, 0) is 24.0 Å². The van der Waals surface area contributed by atoms with E-state index in [1.807, 2.05) is 13.8 Å². The first-order valence-electron chi connectivity index (χ1n) is 7.06. The lowest BCUT2D eigenvalue weighted by atomic mass is 9.86. The van der Waals surface area contributed by atoms with Crippen LogP contribution in [0.4, 0.5) is 0 Å². The van der Waals surface area contributed by atoms with Gasteiger partial charge in [0.25, 0.3) is 0 Å². The molecule has 116 valence electrons. The van der Waals surface area contributed by atoms with Crippen molar-refractivity contribution in [2.45, 2.75) is 20.3 Å². The molecule has 5 heteroatoms. The van der Waals surface area contributed by atoms with Gasteiger partial charge in [-0.2, -0.15) is 0 Å². The van der Waals surface area contributed by atoms with Crippen molar-refractivity contribution in [2.24, 2.45) is 5.92 Å². The van der Waals surface area contributed by atoms with Crippen molar-refractivity contribution in [3.05, 3.63) is 34.1 Å². The van der Waals surface area contributed by atoms with Gasteiger partial charge in [-0.3, -0.25) is 4.79 Å². The average Bonchev–Trinajstić information content (AvgIpc) is 2.54.